The van der Waals surface area contributed by atoms with Crippen molar-refractivity contribution in [1.29, 1.82) is 0 Å². The molecule has 5 nitrogen and oxygen atoms in total. The first-order valence-corrected chi connectivity index (χ1v) is 7.26. The number of para-hydroxylation sites is 1. The number of amides is 3. The summed E-state index contributed by atoms with van der Waals surface area (Å²) in [6.45, 7) is 0.764. The maximum Gasteiger partial charge on any atom is 0.323 e. The number of carbonyl (C=O) groups is 2. The molecule has 2 aromatic rings. The van der Waals surface area contributed by atoms with Crippen molar-refractivity contribution >= 4 is 29.0 Å². The Morgan fingerprint density at radius 3 is 2.14 bits per heavy atom. The minimum Gasteiger partial charge on any atom is -0.312 e. The highest BCUT2D eigenvalue weighted by atomic mass is 16.2. The average molecular weight is 295 g/mol. The zero-order chi connectivity index (χ0) is 15.4. The molecule has 0 spiro atoms. The number of carbonyl (C=O) groups excluding carboxylic acids is 2. The van der Waals surface area contributed by atoms with E-state index in [9.17, 15) is 9.59 Å². The first kappa shape index (κ1) is 14.1. The Kier molecular flexibility index (Phi) is 4.05. The average Bonchev–Trinajstić information content (AvgIpc) is 2.95. The molecule has 1 fully saturated rings. The number of hydrogen-bond donors (Lipinski definition) is 2. The van der Waals surface area contributed by atoms with E-state index in [0.717, 1.165) is 24.3 Å². The molecule has 5 heteroatoms. The van der Waals surface area contributed by atoms with Gasteiger partial charge in [0.25, 0.3) is 0 Å². The van der Waals surface area contributed by atoms with Gasteiger partial charge >= 0.3 is 6.03 Å². The lowest BCUT2D eigenvalue weighted by Crippen LogP contribution is -2.23. The first-order chi connectivity index (χ1) is 10.7. The van der Waals surface area contributed by atoms with Crippen LogP contribution in [-0.2, 0) is 4.79 Å². The highest BCUT2D eigenvalue weighted by Gasteiger charge is 2.21. The summed E-state index contributed by atoms with van der Waals surface area (Å²) in [5.74, 6) is 0.155. The molecule has 1 saturated heterocycles. The van der Waals surface area contributed by atoms with E-state index in [1.165, 1.54) is 0 Å². The van der Waals surface area contributed by atoms with Gasteiger partial charge in [0.1, 0.15) is 0 Å². The molecule has 22 heavy (non-hydrogen) atoms. The summed E-state index contributed by atoms with van der Waals surface area (Å²) >= 11 is 0. The van der Waals surface area contributed by atoms with E-state index >= 15 is 0 Å². The van der Waals surface area contributed by atoms with Gasteiger partial charge in [0.15, 0.2) is 0 Å². The van der Waals surface area contributed by atoms with Gasteiger partial charge in [-0.3, -0.25) is 4.79 Å². The van der Waals surface area contributed by atoms with Crippen LogP contribution in [0.5, 0.6) is 0 Å². The summed E-state index contributed by atoms with van der Waals surface area (Å²) < 4.78 is 0. The van der Waals surface area contributed by atoms with E-state index in [-0.39, 0.29) is 11.9 Å². The molecule has 0 aliphatic carbocycles. The molecular formula is C17H17N3O2. The van der Waals surface area contributed by atoms with Gasteiger partial charge in [0, 0.05) is 30.0 Å². The fourth-order valence-electron chi connectivity index (χ4n) is 2.46. The third-order valence-corrected chi connectivity index (χ3v) is 3.54. The molecular weight excluding hydrogens is 278 g/mol. The molecule has 2 N–H and O–H groups in total. The lowest BCUT2D eigenvalue weighted by Gasteiger charge is -2.16. The largest absolute Gasteiger partial charge is 0.323 e. The van der Waals surface area contributed by atoms with Gasteiger partial charge < -0.3 is 15.5 Å². The van der Waals surface area contributed by atoms with Gasteiger partial charge in [-0.1, -0.05) is 18.2 Å². The number of benzene rings is 2. The van der Waals surface area contributed by atoms with Crippen molar-refractivity contribution in [3.05, 3.63) is 54.6 Å². The van der Waals surface area contributed by atoms with E-state index in [4.69, 9.17) is 0 Å². The van der Waals surface area contributed by atoms with Crippen LogP contribution in [0.1, 0.15) is 12.8 Å². The minimum atomic E-state index is -0.295. The lowest BCUT2D eigenvalue weighted by atomic mass is 10.2. The number of hydrogen-bond acceptors (Lipinski definition) is 2. The van der Waals surface area contributed by atoms with Gasteiger partial charge in [0.05, 0.1) is 0 Å². The van der Waals surface area contributed by atoms with Crippen LogP contribution in [0.25, 0.3) is 0 Å². The Hall–Kier alpha value is -2.82. The van der Waals surface area contributed by atoms with Crippen LogP contribution in [0.2, 0.25) is 0 Å². The molecule has 1 heterocycles. The van der Waals surface area contributed by atoms with Crippen molar-refractivity contribution in [2.75, 3.05) is 22.1 Å². The van der Waals surface area contributed by atoms with E-state index in [1.54, 1.807) is 17.0 Å². The Labute approximate surface area is 128 Å². The quantitative estimate of drug-likeness (QED) is 0.911. The van der Waals surface area contributed by atoms with Gasteiger partial charge in [-0.05, 0) is 42.8 Å². The molecule has 3 rings (SSSR count). The Bertz CT molecular complexity index is 668. The lowest BCUT2D eigenvalue weighted by molar-refractivity contribution is -0.117. The fourth-order valence-corrected chi connectivity index (χ4v) is 2.46. The van der Waals surface area contributed by atoms with Crippen molar-refractivity contribution in [3.63, 3.8) is 0 Å². The second-order valence-corrected chi connectivity index (χ2v) is 5.14. The molecule has 0 unspecified atom stereocenters. The van der Waals surface area contributed by atoms with Crippen LogP contribution in [0.3, 0.4) is 0 Å². The van der Waals surface area contributed by atoms with E-state index in [2.05, 4.69) is 10.6 Å². The van der Waals surface area contributed by atoms with Gasteiger partial charge in [-0.2, -0.15) is 0 Å². The first-order valence-electron chi connectivity index (χ1n) is 7.26. The summed E-state index contributed by atoms with van der Waals surface area (Å²) in [7, 11) is 0. The predicted octanol–water partition coefficient (Wildman–Crippen LogP) is 3.46. The van der Waals surface area contributed by atoms with Crippen LogP contribution >= 0.6 is 0 Å². The molecule has 0 aromatic heterocycles. The molecule has 1 aliphatic heterocycles. The zero-order valence-electron chi connectivity index (χ0n) is 12.1. The molecule has 0 radical (unpaired) electrons. The van der Waals surface area contributed by atoms with Crippen LogP contribution < -0.4 is 15.5 Å². The number of anilines is 3. The molecule has 112 valence electrons. The summed E-state index contributed by atoms with van der Waals surface area (Å²) in [6, 6.07) is 16.2. The van der Waals surface area contributed by atoms with Crippen molar-refractivity contribution in [2.45, 2.75) is 12.8 Å². The van der Waals surface area contributed by atoms with Crippen molar-refractivity contribution in [1.82, 2.24) is 0 Å². The number of nitrogens with one attached hydrogen (secondary N) is 2. The SMILES string of the molecule is O=C(Nc1ccccc1)Nc1ccc(N2CCCC2=O)cc1. The highest BCUT2D eigenvalue weighted by Crippen LogP contribution is 2.23. The topological polar surface area (TPSA) is 61.4 Å². The zero-order valence-corrected chi connectivity index (χ0v) is 12.1. The highest BCUT2D eigenvalue weighted by molar-refractivity contribution is 6.00. The van der Waals surface area contributed by atoms with Crippen LogP contribution in [0.4, 0.5) is 21.9 Å². The Morgan fingerprint density at radius 2 is 1.55 bits per heavy atom. The number of nitrogens with zero attached hydrogens (tertiary/aromatic N) is 1. The third kappa shape index (κ3) is 3.25. The summed E-state index contributed by atoms with van der Waals surface area (Å²) in [6.07, 6.45) is 1.51. The standard InChI is InChI=1S/C17H17N3O2/c21-16-7-4-12-20(16)15-10-8-14(9-11-15)19-17(22)18-13-5-2-1-3-6-13/h1-3,5-6,8-11H,4,7,12H2,(H2,18,19,22). The monoisotopic (exact) mass is 295 g/mol. The van der Waals surface area contributed by atoms with Gasteiger partial charge in [-0.25, -0.2) is 4.79 Å². The van der Waals surface area contributed by atoms with Crippen molar-refractivity contribution in [2.24, 2.45) is 0 Å². The summed E-state index contributed by atoms with van der Waals surface area (Å²) in [5, 5.41) is 5.52. The number of rotatable bonds is 3. The van der Waals surface area contributed by atoms with E-state index in [0.29, 0.717) is 12.1 Å². The smallest absolute Gasteiger partial charge is 0.312 e. The maximum absolute atomic E-state index is 11.9. The Morgan fingerprint density at radius 1 is 0.909 bits per heavy atom. The molecule has 2 aromatic carbocycles. The second kappa shape index (κ2) is 6.30. The third-order valence-electron chi connectivity index (χ3n) is 3.54. The van der Waals surface area contributed by atoms with Gasteiger partial charge in [-0.15, -0.1) is 0 Å². The van der Waals surface area contributed by atoms with Crippen LogP contribution in [-0.4, -0.2) is 18.5 Å². The maximum atomic E-state index is 11.9. The summed E-state index contributed by atoms with van der Waals surface area (Å²) in [5.41, 5.74) is 2.29. The second-order valence-electron chi connectivity index (χ2n) is 5.14. The summed E-state index contributed by atoms with van der Waals surface area (Å²) in [4.78, 5) is 25.3. The van der Waals surface area contributed by atoms with Crippen LogP contribution in [0, 0.1) is 0 Å². The fraction of sp³-hybridized carbons (Fsp3) is 0.176. The molecule has 3 amide bonds. The molecule has 1 aliphatic rings. The predicted molar refractivity (Wildman–Crippen MR) is 87.1 cm³/mol. The Balaban J connectivity index is 1.61. The molecule has 0 saturated carbocycles. The molecule has 0 bridgehead atoms. The van der Waals surface area contributed by atoms with Crippen molar-refractivity contribution < 1.29 is 9.59 Å². The van der Waals surface area contributed by atoms with E-state index in [1.807, 2.05) is 42.5 Å². The van der Waals surface area contributed by atoms with Crippen molar-refractivity contribution in [3.8, 4) is 0 Å². The van der Waals surface area contributed by atoms with E-state index < -0.39 is 0 Å². The minimum absolute atomic E-state index is 0.155. The number of urea groups is 1. The normalized spacial score (nSPS) is 14.0. The molecule has 0 atom stereocenters. The van der Waals surface area contributed by atoms with Gasteiger partial charge in [0.2, 0.25) is 5.91 Å². The van der Waals surface area contributed by atoms with Crippen LogP contribution in [0.15, 0.2) is 54.6 Å².